The summed E-state index contributed by atoms with van der Waals surface area (Å²) in [5.74, 6) is 0.401. The van der Waals surface area contributed by atoms with Gasteiger partial charge in [0.1, 0.15) is 5.15 Å². The van der Waals surface area contributed by atoms with Crippen LogP contribution in [0.25, 0.3) is 0 Å². The van der Waals surface area contributed by atoms with E-state index >= 15 is 0 Å². The summed E-state index contributed by atoms with van der Waals surface area (Å²) in [6.45, 7) is 0. The van der Waals surface area contributed by atoms with Crippen LogP contribution in [0.3, 0.4) is 0 Å². The molecule has 0 N–H and O–H groups in total. The predicted molar refractivity (Wildman–Crippen MR) is 106 cm³/mol. The molecule has 2 aliphatic carbocycles. The monoisotopic (exact) mass is 460 g/mol. The standard InChI is InChI=1S/C9H12N2O3S.C8H9ClN2O2S/c1-14-8-6-4-3-5-7(6)10-9(11-8)15(2,12)13;1-14(12,13)8-10-6-4-2-3-5(6)7(9)11-8/h3-5H2,1-2H3;2-4H2,1H3. The van der Waals surface area contributed by atoms with Crippen LogP contribution in [0.5, 0.6) is 5.88 Å². The van der Waals surface area contributed by atoms with E-state index in [-0.39, 0.29) is 15.5 Å². The molecule has 158 valence electrons. The van der Waals surface area contributed by atoms with Crippen molar-refractivity contribution in [3.05, 3.63) is 27.7 Å². The van der Waals surface area contributed by atoms with Gasteiger partial charge in [0.25, 0.3) is 0 Å². The Morgan fingerprint density at radius 3 is 1.76 bits per heavy atom. The molecule has 0 radical (unpaired) electrons. The third-order valence-electron chi connectivity index (χ3n) is 4.59. The van der Waals surface area contributed by atoms with Crippen molar-refractivity contribution >= 4 is 31.3 Å². The smallest absolute Gasteiger partial charge is 0.250 e. The Morgan fingerprint density at radius 2 is 1.24 bits per heavy atom. The molecular weight excluding hydrogens is 440 g/mol. The molecule has 0 saturated heterocycles. The van der Waals surface area contributed by atoms with Crippen molar-refractivity contribution in [1.29, 1.82) is 0 Å². The topological polar surface area (TPSA) is 129 Å². The molecular formula is C17H21ClN4O5S2. The van der Waals surface area contributed by atoms with Gasteiger partial charge in [0.15, 0.2) is 0 Å². The third-order valence-corrected chi connectivity index (χ3v) is 6.60. The first kappa shape index (κ1) is 21.8. The fourth-order valence-corrected chi connectivity index (χ4v) is 4.63. The maximum atomic E-state index is 11.3. The summed E-state index contributed by atoms with van der Waals surface area (Å²) < 4.78 is 50.1. The molecule has 0 spiro atoms. The summed E-state index contributed by atoms with van der Waals surface area (Å²) in [5, 5.41) is -0.0175. The molecule has 4 rings (SSSR count). The van der Waals surface area contributed by atoms with Crippen LogP contribution >= 0.6 is 11.6 Å². The van der Waals surface area contributed by atoms with Gasteiger partial charge in [0.2, 0.25) is 35.9 Å². The number of methoxy groups -OCH3 is 1. The lowest BCUT2D eigenvalue weighted by molar-refractivity contribution is 0.386. The molecule has 0 fully saturated rings. The number of rotatable bonds is 3. The molecule has 2 aliphatic rings. The first-order valence-corrected chi connectivity index (χ1v) is 13.1. The van der Waals surface area contributed by atoms with E-state index in [4.69, 9.17) is 16.3 Å². The zero-order chi connectivity index (χ0) is 21.4. The molecule has 2 aromatic rings. The summed E-state index contributed by atoms with van der Waals surface area (Å²) >= 11 is 5.87. The van der Waals surface area contributed by atoms with E-state index in [9.17, 15) is 16.8 Å². The molecule has 29 heavy (non-hydrogen) atoms. The molecule has 0 aliphatic heterocycles. The predicted octanol–water partition coefficient (Wildman–Crippen LogP) is 1.40. The van der Waals surface area contributed by atoms with Crippen molar-refractivity contribution < 1.29 is 21.6 Å². The molecule has 0 saturated carbocycles. The minimum absolute atomic E-state index is 0.139. The number of ether oxygens (including phenoxy) is 1. The molecule has 0 atom stereocenters. The van der Waals surface area contributed by atoms with Gasteiger partial charge >= 0.3 is 0 Å². The number of hydrogen-bond donors (Lipinski definition) is 0. The lowest BCUT2D eigenvalue weighted by Crippen LogP contribution is -2.08. The van der Waals surface area contributed by atoms with Crippen LogP contribution in [0.2, 0.25) is 5.15 Å². The average molecular weight is 461 g/mol. The normalized spacial score (nSPS) is 15.3. The highest BCUT2D eigenvalue weighted by atomic mass is 35.5. The van der Waals surface area contributed by atoms with Crippen LogP contribution in [0.15, 0.2) is 10.3 Å². The number of aryl methyl sites for hydroxylation is 2. The molecule has 2 heterocycles. The van der Waals surface area contributed by atoms with Crippen LogP contribution in [-0.4, -0.2) is 56.4 Å². The number of aromatic nitrogens is 4. The van der Waals surface area contributed by atoms with Crippen molar-refractivity contribution in [3.63, 3.8) is 0 Å². The van der Waals surface area contributed by atoms with Gasteiger partial charge in [-0.15, -0.1) is 0 Å². The van der Waals surface area contributed by atoms with Gasteiger partial charge in [0, 0.05) is 29.3 Å². The van der Waals surface area contributed by atoms with Gasteiger partial charge in [-0.1, -0.05) is 11.6 Å². The minimum atomic E-state index is -3.36. The first-order valence-electron chi connectivity index (χ1n) is 8.90. The highest BCUT2D eigenvalue weighted by molar-refractivity contribution is 7.90. The van der Waals surface area contributed by atoms with E-state index in [0.29, 0.717) is 5.88 Å². The first-order chi connectivity index (χ1) is 13.5. The average Bonchev–Trinajstić information content (AvgIpc) is 3.28. The van der Waals surface area contributed by atoms with Gasteiger partial charge < -0.3 is 4.74 Å². The molecule has 0 amide bonds. The quantitative estimate of drug-likeness (QED) is 0.492. The number of fused-ring (bicyclic) bond motifs is 2. The lowest BCUT2D eigenvalue weighted by atomic mass is 10.2. The van der Waals surface area contributed by atoms with Gasteiger partial charge in [-0.05, 0) is 38.5 Å². The number of hydrogen-bond acceptors (Lipinski definition) is 9. The van der Waals surface area contributed by atoms with E-state index in [1.165, 1.54) is 7.11 Å². The minimum Gasteiger partial charge on any atom is -0.481 e. The van der Waals surface area contributed by atoms with Gasteiger partial charge in [-0.25, -0.2) is 31.8 Å². The van der Waals surface area contributed by atoms with Crippen LogP contribution < -0.4 is 4.74 Å². The Balaban J connectivity index is 0.000000166. The zero-order valence-corrected chi connectivity index (χ0v) is 18.7. The summed E-state index contributed by atoms with van der Waals surface area (Å²) in [6.07, 6.45) is 7.44. The fraction of sp³-hybridized carbons (Fsp3) is 0.529. The highest BCUT2D eigenvalue weighted by Crippen LogP contribution is 2.28. The Labute approximate surface area is 174 Å². The van der Waals surface area contributed by atoms with Crippen LogP contribution in [0.4, 0.5) is 0 Å². The molecule has 9 nitrogen and oxygen atoms in total. The Bertz CT molecular complexity index is 1170. The second-order valence-corrected chi connectivity index (χ2v) is 11.1. The number of sulfone groups is 2. The maximum absolute atomic E-state index is 11.3. The number of nitrogens with zero attached hydrogens (tertiary/aromatic N) is 4. The summed E-state index contributed by atoms with van der Waals surface area (Å²) in [6, 6.07) is 0. The maximum Gasteiger partial charge on any atom is 0.250 e. The Kier molecular flexibility index (Phi) is 6.11. The van der Waals surface area contributed by atoms with Crippen molar-refractivity contribution in [3.8, 4) is 5.88 Å². The molecule has 0 aromatic carbocycles. The fourth-order valence-electron chi connectivity index (χ4n) is 3.24. The molecule has 0 unspecified atom stereocenters. The largest absolute Gasteiger partial charge is 0.481 e. The van der Waals surface area contributed by atoms with E-state index in [1.807, 2.05) is 0 Å². The van der Waals surface area contributed by atoms with E-state index < -0.39 is 19.7 Å². The molecule has 2 aromatic heterocycles. The van der Waals surface area contributed by atoms with E-state index in [1.54, 1.807) is 0 Å². The SMILES string of the molecule is COc1nc(S(C)(=O)=O)nc2c1CCC2.CS(=O)(=O)c1nc(Cl)c2c(n1)CCC2. The van der Waals surface area contributed by atoms with Crippen molar-refractivity contribution in [2.75, 3.05) is 19.6 Å². The van der Waals surface area contributed by atoms with E-state index in [0.717, 1.165) is 73.6 Å². The van der Waals surface area contributed by atoms with Crippen LogP contribution in [0.1, 0.15) is 35.4 Å². The van der Waals surface area contributed by atoms with Crippen molar-refractivity contribution in [2.45, 2.75) is 48.8 Å². The second kappa shape index (κ2) is 8.11. The second-order valence-electron chi connectivity index (χ2n) is 6.91. The lowest BCUT2D eigenvalue weighted by Gasteiger charge is -2.07. The van der Waals surface area contributed by atoms with Crippen molar-refractivity contribution in [2.24, 2.45) is 0 Å². The van der Waals surface area contributed by atoms with Crippen LogP contribution in [-0.2, 0) is 45.4 Å². The Morgan fingerprint density at radius 1 is 0.759 bits per heavy atom. The van der Waals surface area contributed by atoms with Gasteiger partial charge in [0.05, 0.1) is 12.8 Å². The zero-order valence-electron chi connectivity index (χ0n) is 16.3. The molecule has 12 heteroatoms. The molecule has 0 bridgehead atoms. The summed E-state index contributed by atoms with van der Waals surface area (Å²) in [7, 11) is -5.22. The van der Waals surface area contributed by atoms with Gasteiger partial charge in [-0.2, -0.15) is 4.98 Å². The number of halogens is 1. The van der Waals surface area contributed by atoms with Gasteiger partial charge in [-0.3, -0.25) is 0 Å². The van der Waals surface area contributed by atoms with E-state index in [2.05, 4.69) is 19.9 Å². The van der Waals surface area contributed by atoms with Crippen LogP contribution in [0, 0.1) is 0 Å². The Hall–Kier alpha value is -1.85. The summed E-state index contributed by atoms with van der Waals surface area (Å²) in [5.41, 5.74) is 3.44. The van der Waals surface area contributed by atoms with Crippen molar-refractivity contribution in [1.82, 2.24) is 19.9 Å². The summed E-state index contributed by atoms with van der Waals surface area (Å²) in [4.78, 5) is 15.8. The third kappa shape index (κ3) is 4.84. The highest BCUT2D eigenvalue weighted by Gasteiger charge is 2.23.